The molecule has 0 aromatic rings. The van der Waals surface area contributed by atoms with Gasteiger partial charge in [-0.2, -0.15) is 0 Å². The summed E-state index contributed by atoms with van der Waals surface area (Å²) in [7, 11) is 0. The van der Waals surface area contributed by atoms with Crippen LogP contribution < -0.4 is 5.32 Å². The number of carbonyl (C=O) groups excluding carboxylic acids is 1. The van der Waals surface area contributed by atoms with Crippen LogP contribution in [0.15, 0.2) is 0 Å². The summed E-state index contributed by atoms with van der Waals surface area (Å²) >= 11 is 0. The Bertz CT molecular complexity index is 157. The van der Waals surface area contributed by atoms with E-state index in [2.05, 4.69) is 18.2 Å². The van der Waals surface area contributed by atoms with Crippen molar-refractivity contribution in [2.45, 2.75) is 39.2 Å². The topological polar surface area (TPSA) is 29.1 Å². The molecule has 0 aromatic heterocycles. The van der Waals surface area contributed by atoms with Crippen molar-refractivity contribution in [1.82, 2.24) is 5.32 Å². The molecule has 0 saturated carbocycles. The normalized spacial score (nSPS) is 11.7. The van der Waals surface area contributed by atoms with Crippen LogP contribution in [0.4, 0.5) is 0 Å². The first-order valence-electron chi connectivity index (χ1n) is 3.96. The SMILES string of the molecule is C#CC(C)NC(=O)CCCC. The molecule has 1 atom stereocenters. The van der Waals surface area contributed by atoms with Gasteiger partial charge in [-0.25, -0.2) is 0 Å². The first-order chi connectivity index (χ1) is 5.20. The molecule has 0 fully saturated rings. The molecule has 0 rings (SSSR count). The van der Waals surface area contributed by atoms with Gasteiger partial charge in [-0.05, 0) is 13.3 Å². The highest BCUT2D eigenvalue weighted by atomic mass is 16.1. The van der Waals surface area contributed by atoms with Crippen LogP contribution in [0.3, 0.4) is 0 Å². The van der Waals surface area contributed by atoms with Crippen molar-refractivity contribution in [2.24, 2.45) is 0 Å². The van der Waals surface area contributed by atoms with E-state index >= 15 is 0 Å². The molecule has 0 spiro atoms. The minimum absolute atomic E-state index is 0.0531. The molecular weight excluding hydrogens is 138 g/mol. The molecule has 11 heavy (non-hydrogen) atoms. The summed E-state index contributed by atoms with van der Waals surface area (Å²) in [5, 5.41) is 2.69. The highest BCUT2D eigenvalue weighted by Gasteiger charge is 2.02. The molecule has 1 unspecified atom stereocenters. The van der Waals surface area contributed by atoms with E-state index in [9.17, 15) is 4.79 Å². The Morgan fingerprint density at radius 3 is 2.82 bits per heavy atom. The molecule has 2 nitrogen and oxygen atoms in total. The third-order valence-electron chi connectivity index (χ3n) is 1.38. The Morgan fingerprint density at radius 1 is 1.73 bits per heavy atom. The molecule has 0 aliphatic rings. The molecule has 0 aliphatic heterocycles. The van der Waals surface area contributed by atoms with Crippen molar-refractivity contribution >= 4 is 5.91 Å². The molecule has 0 bridgehead atoms. The summed E-state index contributed by atoms with van der Waals surface area (Å²) in [6.45, 7) is 3.85. The zero-order chi connectivity index (χ0) is 8.69. The smallest absolute Gasteiger partial charge is 0.220 e. The minimum atomic E-state index is -0.139. The first kappa shape index (κ1) is 10.0. The zero-order valence-electron chi connectivity index (χ0n) is 7.18. The van der Waals surface area contributed by atoms with E-state index in [-0.39, 0.29) is 11.9 Å². The van der Waals surface area contributed by atoms with Gasteiger partial charge in [0.05, 0.1) is 6.04 Å². The van der Waals surface area contributed by atoms with Crippen LogP contribution in [0, 0.1) is 12.3 Å². The van der Waals surface area contributed by atoms with Crippen LogP contribution in [0.1, 0.15) is 33.1 Å². The summed E-state index contributed by atoms with van der Waals surface area (Å²) < 4.78 is 0. The van der Waals surface area contributed by atoms with Gasteiger partial charge in [0.1, 0.15) is 0 Å². The fraction of sp³-hybridized carbons (Fsp3) is 0.667. The van der Waals surface area contributed by atoms with Crippen molar-refractivity contribution in [3.8, 4) is 12.3 Å². The Kier molecular flexibility index (Phi) is 5.28. The first-order valence-corrected chi connectivity index (χ1v) is 3.96. The third kappa shape index (κ3) is 5.47. The molecular formula is C9H15NO. The van der Waals surface area contributed by atoms with Crippen molar-refractivity contribution in [2.75, 3.05) is 0 Å². The van der Waals surface area contributed by atoms with Crippen molar-refractivity contribution in [1.29, 1.82) is 0 Å². The predicted molar refractivity (Wildman–Crippen MR) is 46.0 cm³/mol. The van der Waals surface area contributed by atoms with Gasteiger partial charge in [-0.3, -0.25) is 4.79 Å². The number of amides is 1. The highest BCUT2D eigenvalue weighted by molar-refractivity contribution is 5.76. The number of hydrogen-bond acceptors (Lipinski definition) is 1. The lowest BCUT2D eigenvalue weighted by Crippen LogP contribution is -2.30. The molecule has 0 aliphatic carbocycles. The van der Waals surface area contributed by atoms with Gasteiger partial charge >= 0.3 is 0 Å². The number of terminal acetylenes is 1. The van der Waals surface area contributed by atoms with Crippen LogP contribution in [0.5, 0.6) is 0 Å². The Morgan fingerprint density at radius 2 is 2.36 bits per heavy atom. The molecule has 0 heterocycles. The monoisotopic (exact) mass is 153 g/mol. The van der Waals surface area contributed by atoms with E-state index < -0.39 is 0 Å². The Balaban J connectivity index is 3.46. The number of unbranched alkanes of at least 4 members (excludes halogenated alkanes) is 1. The Hall–Kier alpha value is -0.970. The summed E-state index contributed by atoms with van der Waals surface area (Å²) in [5.41, 5.74) is 0. The average molecular weight is 153 g/mol. The van der Waals surface area contributed by atoms with Crippen molar-refractivity contribution in [3.05, 3.63) is 0 Å². The van der Waals surface area contributed by atoms with Crippen LogP contribution in [-0.2, 0) is 4.79 Å². The minimum Gasteiger partial charge on any atom is -0.343 e. The second-order valence-electron chi connectivity index (χ2n) is 2.56. The largest absolute Gasteiger partial charge is 0.343 e. The molecule has 1 N–H and O–H groups in total. The average Bonchev–Trinajstić information content (AvgIpc) is 2.00. The number of rotatable bonds is 4. The number of carbonyl (C=O) groups is 1. The van der Waals surface area contributed by atoms with E-state index in [0.717, 1.165) is 12.8 Å². The van der Waals surface area contributed by atoms with Gasteiger partial charge in [0.15, 0.2) is 0 Å². The summed E-state index contributed by atoms with van der Waals surface area (Å²) in [6.07, 6.45) is 7.64. The van der Waals surface area contributed by atoms with Crippen LogP contribution in [0.25, 0.3) is 0 Å². The fourth-order valence-corrected chi connectivity index (χ4v) is 0.693. The maximum Gasteiger partial charge on any atom is 0.220 e. The van der Waals surface area contributed by atoms with Gasteiger partial charge in [0.25, 0.3) is 0 Å². The lowest BCUT2D eigenvalue weighted by atomic mass is 10.2. The summed E-state index contributed by atoms with van der Waals surface area (Å²) in [5.74, 6) is 2.49. The predicted octanol–water partition coefficient (Wildman–Crippen LogP) is 1.31. The maximum atomic E-state index is 11.0. The van der Waals surface area contributed by atoms with Gasteiger partial charge in [-0.15, -0.1) is 6.42 Å². The third-order valence-corrected chi connectivity index (χ3v) is 1.38. The second-order valence-corrected chi connectivity index (χ2v) is 2.56. The second kappa shape index (κ2) is 5.79. The van der Waals surface area contributed by atoms with Gasteiger partial charge in [-0.1, -0.05) is 19.3 Å². The zero-order valence-corrected chi connectivity index (χ0v) is 7.18. The van der Waals surface area contributed by atoms with E-state index in [1.165, 1.54) is 0 Å². The number of nitrogens with one attached hydrogen (secondary N) is 1. The van der Waals surface area contributed by atoms with Gasteiger partial charge in [0.2, 0.25) is 5.91 Å². The maximum absolute atomic E-state index is 11.0. The lowest BCUT2D eigenvalue weighted by Gasteiger charge is -2.06. The van der Waals surface area contributed by atoms with Crippen molar-refractivity contribution in [3.63, 3.8) is 0 Å². The van der Waals surface area contributed by atoms with Crippen LogP contribution in [-0.4, -0.2) is 11.9 Å². The molecule has 0 aromatic carbocycles. The summed E-state index contributed by atoms with van der Waals surface area (Å²) in [6, 6.07) is -0.139. The van der Waals surface area contributed by atoms with E-state index in [0.29, 0.717) is 6.42 Å². The van der Waals surface area contributed by atoms with Crippen LogP contribution in [0.2, 0.25) is 0 Å². The fourth-order valence-electron chi connectivity index (χ4n) is 0.693. The van der Waals surface area contributed by atoms with Gasteiger partial charge < -0.3 is 5.32 Å². The standard InChI is InChI=1S/C9H15NO/c1-4-6-7-9(11)10-8(3)5-2/h2,8H,4,6-7H2,1,3H3,(H,10,11). The van der Waals surface area contributed by atoms with E-state index in [1.807, 2.05) is 0 Å². The molecule has 1 amide bonds. The molecule has 0 radical (unpaired) electrons. The van der Waals surface area contributed by atoms with Gasteiger partial charge in [0, 0.05) is 6.42 Å². The Labute approximate surface area is 68.4 Å². The quantitative estimate of drug-likeness (QED) is 0.606. The molecule has 2 heteroatoms. The molecule has 62 valence electrons. The van der Waals surface area contributed by atoms with Crippen molar-refractivity contribution < 1.29 is 4.79 Å². The summed E-state index contributed by atoms with van der Waals surface area (Å²) in [4.78, 5) is 11.0. The molecule has 0 saturated heterocycles. The number of hydrogen-bond donors (Lipinski definition) is 1. The lowest BCUT2D eigenvalue weighted by molar-refractivity contribution is -0.121. The van der Waals surface area contributed by atoms with E-state index in [1.54, 1.807) is 6.92 Å². The van der Waals surface area contributed by atoms with Crippen LogP contribution >= 0.6 is 0 Å². The van der Waals surface area contributed by atoms with E-state index in [4.69, 9.17) is 6.42 Å². The highest BCUT2D eigenvalue weighted by Crippen LogP contribution is 1.93.